The van der Waals surface area contributed by atoms with Crippen molar-refractivity contribution in [3.05, 3.63) is 41.7 Å². The maximum Gasteiger partial charge on any atom is 0.225 e. The van der Waals surface area contributed by atoms with Gasteiger partial charge in [0.2, 0.25) is 5.95 Å². The van der Waals surface area contributed by atoms with Crippen LogP contribution >= 0.6 is 11.3 Å². The lowest BCUT2D eigenvalue weighted by Crippen LogP contribution is -2.39. The van der Waals surface area contributed by atoms with Crippen molar-refractivity contribution < 1.29 is 9.53 Å². The number of piperidine rings is 1. The summed E-state index contributed by atoms with van der Waals surface area (Å²) in [6.07, 6.45) is 18.4. The van der Waals surface area contributed by atoms with Gasteiger partial charge in [-0.15, -0.1) is 10.2 Å². The van der Waals surface area contributed by atoms with Crippen LogP contribution in [0.5, 0.6) is 0 Å². The van der Waals surface area contributed by atoms with Crippen molar-refractivity contribution in [2.24, 2.45) is 5.92 Å². The predicted octanol–water partition coefficient (Wildman–Crippen LogP) is 6.45. The summed E-state index contributed by atoms with van der Waals surface area (Å²) in [5.74, 6) is 1.47. The van der Waals surface area contributed by atoms with E-state index in [-0.39, 0.29) is 5.92 Å². The van der Waals surface area contributed by atoms with E-state index in [2.05, 4.69) is 39.4 Å². The highest BCUT2D eigenvalue weighted by atomic mass is 32.1. The number of aldehydes is 1. The summed E-state index contributed by atoms with van der Waals surface area (Å²) in [4.78, 5) is 22.7. The Bertz CT molecular complexity index is 1180. The molecule has 6 rings (SSSR count). The molecule has 2 aromatic heterocycles. The average molecular weight is 532 g/mol. The molecule has 0 radical (unpaired) electrons. The van der Waals surface area contributed by atoms with Gasteiger partial charge >= 0.3 is 0 Å². The van der Waals surface area contributed by atoms with Crippen molar-refractivity contribution in [1.29, 1.82) is 0 Å². The van der Waals surface area contributed by atoms with E-state index < -0.39 is 0 Å². The molecule has 1 saturated heterocycles. The lowest BCUT2D eigenvalue weighted by molar-refractivity contribution is -0.111. The molecule has 0 amide bonds. The van der Waals surface area contributed by atoms with Gasteiger partial charge in [-0.25, -0.2) is 9.97 Å². The Hall–Kier alpha value is -2.71. The van der Waals surface area contributed by atoms with Crippen molar-refractivity contribution in [3.63, 3.8) is 0 Å². The van der Waals surface area contributed by atoms with Gasteiger partial charge in [-0.1, -0.05) is 54.9 Å². The van der Waals surface area contributed by atoms with Crippen molar-refractivity contribution in [1.82, 2.24) is 20.2 Å². The Balaban J connectivity index is 1.03. The van der Waals surface area contributed by atoms with Crippen LogP contribution in [-0.2, 0) is 9.53 Å². The normalized spacial score (nSPS) is 23.4. The van der Waals surface area contributed by atoms with Crippen LogP contribution < -0.4 is 4.90 Å². The fourth-order valence-corrected chi connectivity index (χ4v) is 7.14. The molecule has 3 aromatic rings. The van der Waals surface area contributed by atoms with Crippen molar-refractivity contribution in [2.75, 3.05) is 18.0 Å². The van der Waals surface area contributed by atoms with Crippen molar-refractivity contribution >= 4 is 23.6 Å². The summed E-state index contributed by atoms with van der Waals surface area (Å²) in [6, 6.07) is 8.43. The third-order valence-corrected chi connectivity index (χ3v) is 9.65. The monoisotopic (exact) mass is 531 g/mol. The summed E-state index contributed by atoms with van der Waals surface area (Å²) >= 11 is 1.68. The van der Waals surface area contributed by atoms with E-state index in [1.807, 2.05) is 12.4 Å². The van der Waals surface area contributed by atoms with Crippen LogP contribution in [0.4, 0.5) is 5.95 Å². The van der Waals surface area contributed by atoms with Gasteiger partial charge in [0.25, 0.3) is 0 Å². The minimum atomic E-state index is 0.224. The lowest BCUT2D eigenvalue weighted by Gasteiger charge is -2.34. The minimum Gasteiger partial charge on any atom is -0.375 e. The second-order valence-electron chi connectivity index (χ2n) is 11.1. The first kappa shape index (κ1) is 25.6. The molecule has 0 atom stereocenters. The molecule has 2 saturated carbocycles. The minimum absolute atomic E-state index is 0.224. The Kier molecular flexibility index (Phi) is 8.07. The van der Waals surface area contributed by atoms with E-state index in [1.54, 1.807) is 11.3 Å². The quantitative estimate of drug-likeness (QED) is 0.324. The maximum atomic E-state index is 11.0. The highest BCUT2D eigenvalue weighted by Crippen LogP contribution is 2.38. The smallest absolute Gasteiger partial charge is 0.225 e. The molecular weight excluding hydrogens is 494 g/mol. The first-order valence-corrected chi connectivity index (χ1v) is 15.2. The number of rotatable bonds is 7. The van der Waals surface area contributed by atoms with Gasteiger partial charge < -0.3 is 14.4 Å². The van der Waals surface area contributed by atoms with Gasteiger partial charge in [0, 0.05) is 48.4 Å². The molecule has 38 heavy (non-hydrogen) atoms. The zero-order valence-electron chi connectivity index (χ0n) is 22.0. The average Bonchev–Trinajstić information content (AvgIpc) is 3.49. The molecule has 0 unspecified atom stereocenters. The predicted molar refractivity (Wildman–Crippen MR) is 150 cm³/mol. The van der Waals surface area contributed by atoms with Gasteiger partial charge in [-0.05, 0) is 56.9 Å². The number of hydrogen-bond donors (Lipinski definition) is 0. The van der Waals surface area contributed by atoms with Crippen molar-refractivity contribution in [2.45, 2.75) is 88.8 Å². The van der Waals surface area contributed by atoms with E-state index in [4.69, 9.17) is 14.7 Å². The zero-order valence-corrected chi connectivity index (χ0v) is 22.8. The number of hydrogen-bond acceptors (Lipinski definition) is 8. The van der Waals surface area contributed by atoms with Crippen LogP contribution in [0.25, 0.3) is 21.7 Å². The number of anilines is 1. The molecule has 1 aliphatic heterocycles. The van der Waals surface area contributed by atoms with Gasteiger partial charge in [-0.3, -0.25) is 0 Å². The maximum absolute atomic E-state index is 11.0. The summed E-state index contributed by atoms with van der Waals surface area (Å²) < 4.78 is 6.39. The fourth-order valence-electron chi connectivity index (χ4n) is 6.12. The lowest BCUT2D eigenvalue weighted by atomic mass is 9.83. The number of nitrogens with zero attached hydrogens (tertiary/aromatic N) is 5. The van der Waals surface area contributed by atoms with Gasteiger partial charge in [0.1, 0.15) is 16.3 Å². The molecule has 2 aliphatic carbocycles. The molecule has 0 spiro atoms. The van der Waals surface area contributed by atoms with Crippen LogP contribution in [0, 0.1) is 5.92 Å². The molecular formula is C30H37N5O2S. The van der Waals surface area contributed by atoms with E-state index in [9.17, 15) is 4.79 Å². The summed E-state index contributed by atoms with van der Waals surface area (Å²) in [5, 5.41) is 11.0. The largest absolute Gasteiger partial charge is 0.375 e. The third-order valence-electron chi connectivity index (χ3n) is 8.52. The first-order valence-electron chi connectivity index (χ1n) is 14.4. The second-order valence-corrected chi connectivity index (χ2v) is 12.1. The molecule has 1 aromatic carbocycles. The van der Waals surface area contributed by atoms with E-state index in [0.717, 1.165) is 90.6 Å². The molecule has 200 valence electrons. The van der Waals surface area contributed by atoms with E-state index in [1.165, 1.54) is 32.1 Å². The molecule has 3 aliphatic rings. The number of carbonyl (C=O) groups excluding carboxylic acids is 1. The Morgan fingerprint density at radius 1 is 0.763 bits per heavy atom. The number of benzene rings is 1. The highest BCUT2D eigenvalue weighted by Gasteiger charge is 2.26. The number of ether oxygens (including phenoxy) is 1. The molecule has 8 heteroatoms. The number of carbonyl (C=O) groups is 1. The van der Waals surface area contributed by atoms with Gasteiger partial charge in [0.15, 0.2) is 0 Å². The number of aromatic nitrogens is 4. The molecule has 0 N–H and O–H groups in total. The molecule has 0 bridgehead atoms. The summed E-state index contributed by atoms with van der Waals surface area (Å²) in [7, 11) is 0. The van der Waals surface area contributed by atoms with Crippen molar-refractivity contribution in [3.8, 4) is 21.7 Å². The van der Waals surface area contributed by atoms with Crippen LogP contribution in [0.2, 0.25) is 0 Å². The van der Waals surface area contributed by atoms with Crippen LogP contribution in [0.1, 0.15) is 81.6 Å². The molecule has 3 fully saturated rings. The van der Waals surface area contributed by atoms with Crippen LogP contribution in [-0.4, -0.2) is 51.7 Å². The highest BCUT2D eigenvalue weighted by molar-refractivity contribution is 7.14. The van der Waals surface area contributed by atoms with Crippen LogP contribution in [0.3, 0.4) is 0 Å². The Morgan fingerprint density at radius 3 is 2.11 bits per heavy atom. The third kappa shape index (κ3) is 5.96. The Morgan fingerprint density at radius 2 is 1.42 bits per heavy atom. The fraction of sp³-hybridized carbons (Fsp3) is 0.567. The summed E-state index contributed by atoms with van der Waals surface area (Å²) in [6.45, 7) is 1.90. The Labute approximate surface area is 229 Å². The standard InChI is InChI=1S/C30H37N5O2S/c36-20-21-6-8-23(9-7-21)28-33-34-29(38-28)24-12-10-22(11-13-24)25-18-31-30(32-19-25)35-16-14-27(15-17-35)37-26-4-2-1-3-5-26/h10-13,18-21,23,26-27H,1-9,14-17H2/t21-,23-. The van der Waals surface area contributed by atoms with E-state index in [0.29, 0.717) is 18.1 Å². The van der Waals surface area contributed by atoms with Gasteiger partial charge in [-0.2, -0.15) is 0 Å². The van der Waals surface area contributed by atoms with E-state index >= 15 is 0 Å². The zero-order chi connectivity index (χ0) is 25.7. The first-order chi connectivity index (χ1) is 18.7. The molecule has 7 nitrogen and oxygen atoms in total. The van der Waals surface area contributed by atoms with Crippen LogP contribution in [0.15, 0.2) is 36.7 Å². The van der Waals surface area contributed by atoms with Gasteiger partial charge in [0.05, 0.1) is 12.2 Å². The second kappa shape index (κ2) is 12.0. The SMILES string of the molecule is O=C[C@H]1CC[C@H](c2nnc(-c3ccc(-c4cnc(N5CCC(OC6CCCCC6)CC5)nc4)cc3)s2)CC1. The topological polar surface area (TPSA) is 81.1 Å². The summed E-state index contributed by atoms with van der Waals surface area (Å²) in [5.41, 5.74) is 3.19. The molecule has 3 heterocycles.